The molecule has 4 amide bonds. The number of nitrogens with two attached hydrogens (primary N) is 1. The van der Waals surface area contributed by atoms with Gasteiger partial charge in [-0.25, -0.2) is 14.2 Å². The van der Waals surface area contributed by atoms with Crippen molar-refractivity contribution in [2.75, 3.05) is 104 Å². The number of halogens is 3. The first-order valence-corrected chi connectivity index (χ1v) is 30.6. The minimum Gasteiger partial charge on any atom is -0.493 e. The van der Waals surface area contributed by atoms with Crippen LogP contribution in [0.2, 0.25) is 10.0 Å². The molecule has 0 radical (unpaired) electrons. The van der Waals surface area contributed by atoms with E-state index in [-0.39, 0.29) is 73.6 Å². The molecule has 18 nitrogen and oxygen atoms in total. The molecule has 458 valence electrons. The molecule has 0 aliphatic carbocycles. The molecule has 21 heteroatoms. The first kappa shape index (κ1) is 62.5. The maximum atomic E-state index is 15.6. The number of nitrogens with zero attached hydrogens (tertiary/aromatic N) is 11. The fourth-order valence-electron chi connectivity index (χ4n) is 12.5. The summed E-state index contributed by atoms with van der Waals surface area (Å²) in [6.07, 6.45) is 3.25. The van der Waals surface area contributed by atoms with Crippen molar-refractivity contribution in [3.63, 3.8) is 0 Å². The second-order valence-corrected chi connectivity index (χ2v) is 24.9. The standard InChI is InChI=1S/C66H77Cl2FN12O6/c1-10-87-56-39-46(64(2,3)4)17-23-51(56)61-73-65(5,44-13-18-47(67)19-14-44)66(6,45-15-20-48(68)21-16-45)81(61)63(84)78-30-28-77(29-31-78)33-35-86-37-36-85-34-25-57(82)75(8)27-32-80-55-42-76(9)62(83)50-24-22-49(69)40-52(50)53-12-11-26-79(53)54-38-43(41-72-59(54)70)58(55)60(71-7)74-80/h13-24,38-41,53H,10-12,25-37,42H2,1-6,8-9H3,(H2,70,72)/t53-,65+,66-/m1/s1. The van der Waals surface area contributed by atoms with Gasteiger partial charge in [0.15, 0.2) is 0 Å². The molecule has 0 spiro atoms. The zero-order chi connectivity index (χ0) is 62.0. The number of likely N-dealkylation sites (N-methyl/N-ethyl adjacent to an activating group) is 1. The van der Waals surface area contributed by atoms with Crippen LogP contribution in [0.1, 0.15) is 111 Å². The highest BCUT2D eigenvalue weighted by Crippen LogP contribution is 2.54. The summed E-state index contributed by atoms with van der Waals surface area (Å²) in [7, 11) is 3.39. The van der Waals surface area contributed by atoms with Gasteiger partial charge < -0.3 is 44.4 Å². The number of urea groups is 1. The van der Waals surface area contributed by atoms with Gasteiger partial charge in [-0.3, -0.25) is 24.4 Å². The highest BCUT2D eigenvalue weighted by atomic mass is 35.5. The Hall–Kier alpha value is -7.60. The number of fused-ring (bicyclic) bond motifs is 8. The average molecular weight is 1220 g/mol. The molecule has 2 N–H and O–H groups in total. The van der Waals surface area contributed by atoms with E-state index in [9.17, 15) is 14.0 Å². The minimum atomic E-state index is -1.05. The summed E-state index contributed by atoms with van der Waals surface area (Å²) in [4.78, 5) is 68.5. The fourth-order valence-corrected chi connectivity index (χ4v) is 12.7. The first-order chi connectivity index (χ1) is 41.6. The Bertz CT molecular complexity index is 3600. The van der Waals surface area contributed by atoms with Crippen molar-refractivity contribution in [3.8, 4) is 16.9 Å². The molecule has 0 unspecified atom stereocenters. The maximum absolute atomic E-state index is 15.6. The summed E-state index contributed by atoms with van der Waals surface area (Å²) in [6, 6.07) is 27.3. The lowest BCUT2D eigenvalue weighted by atomic mass is 9.71. The summed E-state index contributed by atoms with van der Waals surface area (Å²) in [5.74, 6) is 0.724. The smallest absolute Gasteiger partial charge is 0.326 e. The van der Waals surface area contributed by atoms with Gasteiger partial charge in [0.05, 0.1) is 75.5 Å². The van der Waals surface area contributed by atoms with Crippen LogP contribution in [0.15, 0.2) is 102 Å². The molecule has 2 saturated heterocycles. The van der Waals surface area contributed by atoms with Crippen molar-refractivity contribution in [1.82, 2.24) is 39.3 Å². The van der Waals surface area contributed by atoms with Crippen LogP contribution in [-0.2, 0) is 43.9 Å². The molecule has 4 aliphatic heterocycles. The number of hydrogen-bond acceptors (Lipinski definition) is 12. The van der Waals surface area contributed by atoms with Gasteiger partial charge in [0, 0.05) is 87.3 Å². The number of amides is 4. The van der Waals surface area contributed by atoms with E-state index >= 15 is 4.79 Å². The predicted molar refractivity (Wildman–Crippen MR) is 337 cm³/mol. The largest absolute Gasteiger partial charge is 0.493 e. The summed E-state index contributed by atoms with van der Waals surface area (Å²) in [5, 5.41) is 5.89. The van der Waals surface area contributed by atoms with E-state index in [0.717, 1.165) is 28.7 Å². The van der Waals surface area contributed by atoms with Gasteiger partial charge >= 0.3 is 11.8 Å². The Kier molecular flexibility index (Phi) is 18.7. The minimum absolute atomic E-state index is 0.0757. The lowest BCUT2D eigenvalue weighted by Crippen LogP contribution is -2.60. The third kappa shape index (κ3) is 12.6. The van der Waals surface area contributed by atoms with Crippen LogP contribution >= 0.6 is 23.2 Å². The number of piperazine rings is 1. The Balaban J connectivity index is 0.734. The Morgan fingerprint density at radius 3 is 2.23 bits per heavy atom. The molecule has 4 aromatic carbocycles. The highest BCUT2D eigenvalue weighted by Gasteiger charge is 2.60. The summed E-state index contributed by atoms with van der Waals surface area (Å²) in [5.41, 5.74) is 11.2. The molecule has 6 aromatic rings. The second kappa shape index (κ2) is 26.0. The third-order valence-corrected chi connectivity index (χ3v) is 18.2. The van der Waals surface area contributed by atoms with Crippen molar-refractivity contribution in [1.29, 1.82) is 0 Å². The quantitative estimate of drug-likeness (QED) is 0.0680. The number of benzene rings is 4. The summed E-state index contributed by atoms with van der Waals surface area (Å²) in [6.45, 7) is 26.6. The van der Waals surface area contributed by atoms with Gasteiger partial charge in [-0.15, -0.1) is 0 Å². The molecular formula is C66H77Cl2FN12O6. The van der Waals surface area contributed by atoms with Crippen LogP contribution in [0.4, 0.5) is 26.5 Å². The zero-order valence-corrected chi connectivity index (χ0v) is 52.4. The van der Waals surface area contributed by atoms with Gasteiger partial charge in [0.25, 0.3) is 5.91 Å². The molecule has 10 rings (SSSR count). The molecule has 2 aromatic heterocycles. The second-order valence-electron chi connectivity index (χ2n) is 24.1. The van der Waals surface area contributed by atoms with E-state index in [2.05, 4.69) is 66.4 Å². The number of carbonyl (C=O) groups excluding carboxylic acids is 3. The van der Waals surface area contributed by atoms with Gasteiger partial charge in [0.1, 0.15) is 34.3 Å². The van der Waals surface area contributed by atoms with Crippen LogP contribution < -0.4 is 15.4 Å². The van der Waals surface area contributed by atoms with E-state index in [1.165, 1.54) is 18.2 Å². The van der Waals surface area contributed by atoms with Crippen LogP contribution in [-0.4, -0.2) is 156 Å². The lowest BCUT2D eigenvalue weighted by Gasteiger charge is -2.47. The summed E-state index contributed by atoms with van der Waals surface area (Å²) < 4.78 is 34.8. The molecule has 3 atom stereocenters. The SMILES string of the molecule is [C-]#[N+]c1nn(CCN(C)C(=O)CCOCCOCCN2CCN(C(=O)N3C(c4ccc(C(C)(C)C)cc4OCC)=N[C@@](C)(c4ccc(Cl)cc4)[C@@]3(C)c3ccc(Cl)cc3)CC2)c2c1-c1cnc(N)c(c1)N1CCC[C@@H]1c1cc(F)ccc1C(=O)N(C)C2. The zero-order valence-electron chi connectivity index (χ0n) is 50.9. The molecule has 2 bridgehead atoms. The number of hydrogen-bond donors (Lipinski definition) is 1. The van der Waals surface area contributed by atoms with Crippen molar-refractivity contribution >= 4 is 64.2 Å². The number of carbonyl (C=O) groups is 3. The number of aliphatic imine (C=N–C) groups is 1. The Morgan fingerprint density at radius 2 is 1.55 bits per heavy atom. The first-order valence-electron chi connectivity index (χ1n) is 29.8. The Labute approximate surface area is 519 Å². The van der Waals surface area contributed by atoms with E-state index in [1.54, 1.807) is 34.8 Å². The van der Waals surface area contributed by atoms with E-state index in [1.807, 2.05) is 77.4 Å². The summed E-state index contributed by atoms with van der Waals surface area (Å²) >= 11 is 13.0. The topological polar surface area (TPSA) is 172 Å². The van der Waals surface area contributed by atoms with Crippen LogP contribution in [0.3, 0.4) is 0 Å². The average Bonchev–Trinajstić information content (AvgIpc) is 1.56. The third-order valence-electron chi connectivity index (χ3n) is 17.7. The van der Waals surface area contributed by atoms with Gasteiger partial charge in [-0.1, -0.05) is 80.9 Å². The van der Waals surface area contributed by atoms with Crippen molar-refractivity contribution in [3.05, 3.63) is 164 Å². The highest BCUT2D eigenvalue weighted by molar-refractivity contribution is 6.30. The van der Waals surface area contributed by atoms with Crippen molar-refractivity contribution in [2.24, 2.45) is 4.99 Å². The predicted octanol–water partition coefficient (Wildman–Crippen LogP) is 11.4. The number of amidine groups is 1. The van der Waals surface area contributed by atoms with Gasteiger partial charge in [-0.2, -0.15) is 4.68 Å². The molecule has 87 heavy (non-hydrogen) atoms. The number of aromatic nitrogens is 3. The van der Waals surface area contributed by atoms with Gasteiger partial charge in [0.2, 0.25) is 5.91 Å². The number of anilines is 2. The van der Waals surface area contributed by atoms with E-state index in [4.69, 9.17) is 59.8 Å². The van der Waals surface area contributed by atoms with Crippen molar-refractivity contribution < 1.29 is 33.0 Å². The van der Waals surface area contributed by atoms with E-state index in [0.29, 0.717) is 127 Å². The van der Waals surface area contributed by atoms with Crippen molar-refractivity contribution in [2.45, 2.75) is 96.4 Å². The number of pyridine rings is 1. The van der Waals surface area contributed by atoms with Crippen LogP contribution in [0, 0.1) is 12.4 Å². The fraction of sp³-hybridized carbons (Fsp3) is 0.439. The monoisotopic (exact) mass is 1220 g/mol. The molecule has 0 saturated carbocycles. The molecule has 2 fully saturated rings. The number of nitrogen functional groups attached to an aromatic ring is 1. The molecule has 4 aliphatic rings. The van der Waals surface area contributed by atoms with E-state index < -0.39 is 16.9 Å². The number of ether oxygens (including phenoxy) is 3. The Morgan fingerprint density at radius 1 is 0.874 bits per heavy atom. The lowest BCUT2D eigenvalue weighted by molar-refractivity contribution is -0.131. The maximum Gasteiger partial charge on any atom is 0.326 e. The molecular weight excluding hydrogens is 1150 g/mol. The number of rotatable bonds is 17. The van der Waals surface area contributed by atoms with Crippen LogP contribution in [0.25, 0.3) is 16.0 Å². The molecule has 6 heterocycles. The van der Waals surface area contributed by atoms with Crippen LogP contribution in [0.5, 0.6) is 5.75 Å². The normalized spacial score (nSPS) is 19.6. The van der Waals surface area contributed by atoms with Gasteiger partial charge in [-0.05, 0) is 133 Å².